The Balaban J connectivity index is 1.59. The van der Waals surface area contributed by atoms with Gasteiger partial charge in [0, 0.05) is 18.6 Å². The molecule has 17 heavy (non-hydrogen) atoms. The van der Waals surface area contributed by atoms with Gasteiger partial charge in [-0.05, 0) is 51.5 Å². The van der Waals surface area contributed by atoms with E-state index in [1.165, 1.54) is 5.92 Å². The molecule has 2 fully saturated rings. The van der Waals surface area contributed by atoms with Crippen LogP contribution in [0.2, 0.25) is 0 Å². The van der Waals surface area contributed by atoms with Gasteiger partial charge in [-0.1, -0.05) is 0 Å². The second-order valence-corrected chi connectivity index (χ2v) is 4.80. The fourth-order valence-corrected chi connectivity index (χ4v) is 2.34. The minimum atomic E-state index is -0.647. The van der Waals surface area contributed by atoms with Gasteiger partial charge in [-0.25, -0.2) is 0 Å². The molecule has 0 aromatic heterocycles. The van der Waals surface area contributed by atoms with E-state index in [0.717, 1.165) is 19.5 Å². The van der Waals surface area contributed by atoms with Gasteiger partial charge in [0.15, 0.2) is 0 Å². The molecule has 95 valence electrons. The molecule has 1 aliphatic heterocycles. The van der Waals surface area contributed by atoms with Gasteiger partial charge in [-0.3, -0.25) is 0 Å². The summed E-state index contributed by atoms with van der Waals surface area (Å²) in [6, 6.07) is -0.0303. The summed E-state index contributed by atoms with van der Waals surface area (Å²) in [6.45, 7) is 3.58. The Bertz CT molecular complexity index is 231. The van der Waals surface area contributed by atoms with E-state index >= 15 is 0 Å². The van der Waals surface area contributed by atoms with Gasteiger partial charge < -0.3 is 20.8 Å². The molecule has 4 heteroatoms. The number of hydrogen-bond donors (Lipinski definition) is 4. The molecular formula is C13H21N2O2. The smallest absolute Gasteiger partial charge is 0.0967 e. The molecule has 1 saturated heterocycles. The van der Waals surface area contributed by atoms with Crippen molar-refractivity contribution >= 4 is 0 Å². The van der Waals surface area contributed by atoms with Gasteiger partial charge in [-0.15, -0.1) is 0 Å². The van der Waals surface area contributed by atoms with E-state index in [0.29, 0.717) is 0 Å². The molecule has 0 spiro atoms. The molecule has 4 N–H and O–H groups in total. The van der Waals surface area contributed by atoms with Crippen LogP contribution in [0.4, 0.5) is 0 Å². The van der Waals surface area contributed by atoms with Crippen molar-refractivity contribution in [2.75, 3.05) is 13.1 Å². The van der Waals surface area contributed by atoms with Crippen LogP contribution in [-0.4, -0.2) is 47.6 Å². The maximum atomic E-state index is 9.77. The summed E-state index contributed by atoms with van der Waals surface area (Å²) >= 11 is 0. The monoisotopic (exact) mass is 237 g/mol. The van der Waals surface area contributed by atoms with Crippen LogP contribution in [0.1, 0.15) is 13.3 Å². The number of rotatable bonds is 5. The first-order valence-electron chi connectivity index (χ1n) is 6.22. The summed E-state index contributed by atoms with van der Waals surface area (Å²) < 4.78 is 0. The molecule has 2 rings (SSSR count). The molecule has 0 aromatic rings. The normalized spacial score (nSPS) is 39.0. The van der Waals surface area contributed by atoms with Crippen molar-refractivity contribution in [1.29, 1.82) is 0 Å². The van der Waals surface area contributed by atoms with Crippen LogP contribution in [0.15, 0.2) is 0 Å². The van der Waals surface area contributed by atoms with Crippen molar-refractivity contribution in [2.24, 2.45) is 0 Å². The van der Waals surface area contributed by atoms with Crippen LogP contribution in [0.5, 0.6) is 0 Å². The fourth-order valence-electron chi connectivity index (χ4n) is 2.34. The molecule has 0 amide bonds. The third kappa shape index (κ3) is 3.41. The van der Waals surface area contributed by atoms with E-state index in [4.69, 9.17) is 0 Å². The van der Waals surface area contributed by atoms with Crippen molar-refractivity contribution < 1.29 is 10.2 Å². The fraction of sp³-hybridized carbons (Fsp3) is 0.615. The van der Waals surface area contributed by atoms with Crippen molar-refractivity contribution in [1.82, 2.24) is 10.6 Å². The lowest BCUT2D eigenvalue weighted by atomic mass is 10.1. The van der Waals surface area contributed by atoms with Crippen molar-refractivity contribution in [2.45, 2.75) is 37.6 Å². The maximum absolute atomic E-state index is 9.77. The van der Waals surface area contributed by atoms with Crippen molar-refractivity contribution in [3.8, 4) is 0 Å². The summed E-state index contributed by atoms with van der Waals surface area (Å²) in [5.74, 6) is 1.28. The standard InChI is InChI=1S/C13H21N2O2/c1-9-12(16)13(17)11(15-9)6-7-14-8-10-4-2-3-5-10/h2-5,9,11-17H,6-8H2,1H3/t9-,11+,12+,13-/m0/s1. The molecule has 2 aliphatic rings. The molecule has 4 atom stereocenters. The van der Waals surface area contributed by atoms with E-state index in [2.05, 4.69) is 23.5 Å². The number of aliphatic hydroxyl groups excluding tert-OH is 2. The highest BCUT2D eigenvalue weighted by atomic mass is 16.3. The zero-order valence-electron chi connectivity index (χ0n) is 10.1. The van der Waals surface area contributed by atoms with Crippen LogP contribution >= 0.6 is 0 Å². The lowest BCUT2D eigenvalue weighted by Crippen LogP contribution is -2.36. The van der Waals surface area contributed by atoms with Crippen molar-refractivity contribution in [3.05, 3.63) is 31.6 Å². The molecular weight excluding hydrogens is 216 g/mol. The summed E-state index contributed by atoms with van der Waals surface area (Å²) in [6.07, 6.45) is 7.75. The predicted molar refractivity (Wildman–Crippen MR) is 66.3 cm³/mol. The van der Waals surface area contributed by atoms with Crippen LogP contribution in [0.25, 0.3) is 0 Å². The first kappa shape index (κ1) is 13.3. The lowest BCUT2D eigenvalue weighted by Gasteiger charge is -2.16. The molecule has 0 bridgehead atoms. The molecule has 5 radical (unpaired) electrons. The zero-order chi connectivity index (χ0) is 12.3. The molecule has 4 nitrogen and oxygen atoms in total. The Labute approximate surface area is 104 Å². The Morgan fingerprint density at radius 1 is 1.24 bits per heavy atom. The van der Waals surface area contributed by atoms with Gasteiger partial charge >= 0.3 is 0 Å². The predicted octanol–water partition coefficient (Wildman–Crippen LogP) is -0.547. The molecule has 1 aliphatic carbocycles. The minimum absolute atomic E-state index is 0.00726. The number of aliphatic hydroxyl groups is 2. The Kier molecular flexibility index (Phi) is 4.79. The first-order valence-corrected chi connectivity index (χ1v) is 6.22. The third-order valence-electron chi connectivity index (χ3n) is 3.44. The molecule has 0 unspecified atom stereocenters. The maximum Gasteiger partial charge on any atom is 0.0967 e. The zero-order valence-corrected chi connectivity index (χ0v) is 10.1. The summed E-state index contributed by atoms with van der Waals surface area (Å²) in [5.41, 5.74) is 0. The van der Waals surface area contributed by atoms with E-state index in [1.807, 2.05) is 19.8 Å². The van der Waals surface area contributed by atoms with Gasteiger partial charge in [-0.2, -0.15) is 0 Å². The molecule has 1 saturated carbocycles. The second kappa shape index (κ2) is 6.14. The Morgan fingerprint density at radius 3 is 2.53 bits per heavy atom. The van der Waals surface area contributed by atoms with E-state index < -0.39 is 12.2 Å². The van der Waals surface area contributed by atoms with Crippen LogP contribution in [0.3, 0.4) is 0 Å². The quantitative estimate of drug-likeness (QED) is 0.485. The highest BCUT2D eigenvalue weighted by Crippen LogP contribution is 2.21. The largest absolute Gasteiger partial charge is 0.389 e. The van der Waals surface area contributed by atoms with Crippen molar-refractivity contribution in [3.63, 3.8) is 0 Å². The first-order chi connectivity index (χ1) is 8.18. The highest BCUT2D eigenvalue weighted by molar-refractivity contribution is 5.35. The van der Waals surface area contributed by atoms with E-state index in [-0.39, 0.29) is 12.1 Å². The SMILES string of the molecule is C[C@@H]1N[C@H](CCNC[C]2[CH][CH][CH][CH]2)[C@H](O)[C@@H]1O. The average Bonchev–Trinajstić information content (AvgIpc) is 2.90. The summed E-state index contributed by atoms with van der Waals surface area (Å²) in [5, 5.41) is 25.9. The number of hydrogen-bond acceptors (Lipinski definition) is 4. The van der Waals surface area contributed by atoms with Gasteiger partial charge in [0.2, 0.25) is 0 Å². The third-order valence-corrected chi connectivity index (χ3v) is 3.44. The highest BCUT2D eigenvalue weighted by Gasteiger charge is 2.37. The van der Waals surface area contributed by atoms with Gasteiger partial charge in [0.05, 0.1) is 12.2 Å². The second-order valence-electron chi connectivity index (χ2n) is 4.80. The van der Waals surface area contributed by atoms with Crippen LogP contribution in [0, 0.1) is 31.6 Å². The van der Waals surface area contributed by atoms with Crippen LogP contribution in [-0.2, 0) is 0 Å². The lowest BCUT2D eigenvalue weighted by molar-refractivity contribution is 0.0293. The Hall–Kier alpha value is -0.160. The van der Waals surface area contributed by atoms with E-state index in [1.54, 1.807) is 0 Å². The molecule has 0 aromatic carbocycles. The van der Waals surface area contributed by atoms with Crippen LogP contribution < -0.4 is 10.6 Å². The van der Waals surface area contributed by atoms with E-state index in [9.17, 15) is 10.2 Å². The summed E-state index contributed by atoms with van der Waals surface area (Å²) in [7, 11) is 0. The Morgan fingerprint density at radius 2 is 1.94 bits per heavy atom. The minimum Gasteiger partial charge on any atom is -0.389 e. The summed E-state index contributed by atoms with van der Waals surface area (Å²) in [4.78, 5) is 0. The number of nitrogens with one attached hydrogen (secondary N) is 2. The topological polar surface area (TPSA) is 64.5 Å². The van der Waals surface area contributed by atoms with Gasteiger partial charge in [0.1, 0.15) is 0 Å². The molecule has 1 heterocycles. The average molecular weight is 237 g/mol. The van der Waals surface area contributed by atoms with Gasteiger partial charge in [0.25, 0.3) is 0 Å².